The predicted octanol–water partition coefficient (Wildman–Crippen LogP) is 2.83. The summed E-state index contributed by atoms with van der Waals surface area (Å²) in [4.78, 5) is 0. The fourth-order valence-electron chi connectivity index (χ4n) is 1.21. The molecule has 4 heteroatoms. The molecule has 0 amide bonds. The third-order valence-electron chi connectivity index (χ3n) is 2.52. The summed E-state index contributed by atoms with van der Waals surface area (Å²) in [5.41, 5.74) is 7.60. The number of hydrogen-bond donors (Lipinski definition) is 2. The van der Waals surface area contributed by atoms with Crippen molar-refractivity contribution in [1.29, 1.82) is 0 Å². The van der Waals surface area contributed by atoms with Crippen molar-refractivity contribution in [3.8, 4) is 5.75 Å². The van der Waals surface area contributed by atoms with Crippen molar-refractivity contribution < 1.29 is 4.74 Å². The fraction of sp³-hybridized carbons (Fsp3) is 0.500. The van der Waals surface area contributed by atoms with Crippen LogP contribution in [-0.4, -0.2) is 24.7 Å². The summed E-state index contributed by atoms with van der Waals surface area (Å²) in [6.07, 6.45) is 2.11. The Bertz CT molecular complexity index is 353. The number of nitrogen functional groups attached to an aromatic ring is 1. The standard InChI is InChI=1S/C12H20N2OS/c1-12(2,16-4)8-14-11-6-5-9(15-3)7-10(11)13/h5-7,14H,8,13H2,1-4H3. The number of benzene rings is 1. The molecule has 0 saturated carbocycles. The van der Waals surface area contributed by atoms with Crippen LogP contribution in [0.25, 0.3) is 0 Å². The van der Waals surface area contributed by atoms with Gasteiger partial charge in [0.25, 0.3) is 0 Å². The normalized spacial score (nSPS) is 11.2. The molecule has 3 N–H and O–H groups in total. The second-order valence-electron chi connectivity index (χ2n) is 4.27. The van der Waals surface area contributed by atoms with Crippen LogP contribution in [0.1, 0.15) is 13.8 Å². The van der Waals surface area contributed by atoms with Crippen molar-refractivity contribution in [2.45, 2.75) is 18.6 Å². The number of nitrogens with one attached hydrogen (secondary N) is 1. The van der Waals surface area contributed by atoms with Gasteiger partial charge in [0.05, 0.1) is 18.5 Å². The van der Waals surface area contributed by atoms with Crippen LogP contribution >= 0.6 is 11.8 Å². The molecule has 0 heterocycles. The third-order valence-corrected chi connectivity index (χ3v) is 3.77. The Hall–Kier alpha value is -1.03. The number of hydrogen-bond acceptors (Lipinski definition) is 4. The summed E-state index contributed by atoms with van der Waals surface area (Å²) in [6.45, 7) is 5.28. The average Bonchev–Trinajstić information content (AvgIpc) is 2.27. The molecule has 0 bridgehead atoms. The first-order valence-corrected chi connectivity index (χ1v) is 6.43. The Morgan fingerprint density at radius 2 is 2.12 bits per heavy atom. The molecule has 0 radical (unpaired) electrons. The Morgan fingerprint density at radius 3 is 2.62 bits per heavy atom. The molecule has 0 aliphatic carbocycles. The number of anilines is 2. The summed E-state index contributed by atoms with van der Waals surface area (Å²) in [6, 6.07) is 5.68. The first-order chi connectivity index (χ1) is 7.48. The molecule has 0 aromatic heterocycles. The van der Waals surface area contributed by atoms with Crippen LogP contribution in [0.15, 0.2) is 18.2 Å². The molecule has 0 atom stereocenters. The van der Waals surface area contributed by atoms with Crippen LogP contribution in [0.5, 0.6) is 5.75 Å². The maximum absolute atomic E-state index is 5.92. The number of rotatable bonds is 5. The molecule has 0 fully saturated rings. The molecule has 1 aromatic rings. The molecule has 0 unspecified atom stereocenters. The number of ether oxygens (including phenoxy) is 1. The third kappa shape index (κ3) is 3.52. The van der Waals surface area contributed by atoms with Gasteiger partial charge in [-0.15, -0.1) is 0 Å². The Balaban J connectivity index is 2.68. The topological polar surface area (TPSA) is 47.3 Å². The molecule has 0 aliphatic heterocycles. The van der Waals surface area contributed by atoms with Gasteiger partial charge in [0.15, 0.2) is 0 Å². The quantitative estimate of drug-likeness (QED) is 0.777. The summed E-state index contributed by atoms with van der Waals surface area (Å²) in [7, 11) is 1.64. The smallest absolute Gasteiger partial charge is 0.121 e. The van der Waals surface area contributed by atoms with Gasteiger partial charge in [0.2, 0.25) is 0 Å². The predicted molar refractivity (Wildman–Crippen MR) is 73.5 cm³/mol. The van der Waals surface area contributed by atoms with Crippen molar-refractivity contribution in [2.75, 3.05) is 31.0 Å². The number of nitrogens with two attached hydrogens (primary N) is 1. The number of thioether (sulfide) groups is 1. The second-order valence-corrected chi connectivity index (χ2v) is 5.78. The molecular formula is C12H20N2OS. The van der Waals surface area contributed by atoms with Crippen molar-refractivity contribution in [3.63, 3.8) is 0 Å². The molecule has 0 aliphatic rings. The Labute approximate surface area is 102 Å². The van der Waals surface area contributed by atoms with Gasteiger partial charge in [0.1, 0.15) is 5.75 Å². The molecular weight excluding hydrogens is 220 g/mol. The molecule has 16 heavy (non-hydrogen) atoms. The molecule has 1 rings (SSSR count). The monoisotopic (exact) mass is 240 g/mol. The Kier molecular flexibility index (Phi) is 4.35. The van der Waals surface area contributed by atoms with E-state index in [1.54, 1.807) is 7.11 Å². The van der Waals surface area contributed by atoms with Gasteiger partial charge in [-0.1, -0.05) is 0 Å². The van der Waals surface area contributed by atoms with Gasteiger partial charge in [0, 0.05) is 17.4 Å². The van der Waals surface area contributed by atoms with E-state index in [0.717, 1.165) is 23.7 Å². The molecule has 0 saturated heterocycles. The number of methoxy groups -OCH3 is 1. The van der Waals surface area contributed by atoms with Crippen LogP contribution in [0.2, 0.25) is 0 Å². The fourth-order valence-corrected chi connectivity index (χ4v) is 1.43. The zero-order chi connectivity index (χ0) is 12.2. The van der Waals surface area contributed by atoms with E-state index >= 15 is 0 Å². The largest absolute Gasteiger partial charge is 0.497 e. The lowest BCUT2D eigenvalue weighted by atomic mass is 10.2. The van der Waals surface area contributed by atoms with Gasteiger partial charge in [-0.25, -0.2) is 0 Å². The maximum Gasteiger partial charge on any atom is 0.121 e. The SMILES string of the molecule is COc1ccc(NCC(C)(C)SC)c(N)c1. The lowest BCUT2D eigenvalue weighted by Crippen LogP contribution is -2.26. The van der Waals surface area contributed by atoms with Gasteiger partial charge in [-0.05, 0) is 32.2 Å². The lowest BCUT2D eigenvalue weighted by molar-refractivity contribution is 0.415. The minimum Gasteiger partial charge on any atom is -0.497 e. The first-order valence-electron chi connectivity index (χ1n) is 5.21. The highest BCUT2D eigenvalue weighted by Gasteiger charge is 2.15. The summed E-state index contributed by atoms with van der Waals surface area (Å²) >= 11 is 1.83. The minimum atomic E-state index is 0.201. The van der Waals surface area contributed by atoms with E-state index in [1.165, 1.54) is 0 Å². The van der Waals surface area contributed by atoms with Crippen molar-refractivity contribution in [3.05, 3.63) is 18.2 Å². The van der Waals surface area contributed by atoms with Crippen LogP contribution in [0.3, 0.4) is 0 Å². The van der Waals surface area contributed by atoms with E-state index in [9.17, 15) is 0 Å². The molecule has 0 spiro atoms. The molecule has 1 aromatic carbocycles. The van der Waals surface area contributed by atoms with Gasteiger partial charge in [-0.2, -0.15) is 11.8 Å². The van der Waals surface area contributed by atoms with Crippen LogP contribution in [-0.2, 0) is 0 Å². The molecule has 3 nitrogen and oxygen atoms in total. The second kappa shape index (κ2) is 5.34. The van der Waals surface area contributed by atoms with Crippen LogP contribution in [0, 0.1) is 0 Å². The van der Waals surface area contributed by atoms with Crippen molar-refractivity contribution >= 4 is 23.1 Å². The van der Waals surface area contributed by atoms with E-state index in [2.05, 4.69) is 25.4 Å². The summed E-state index contributed by atoms with van der Waals surface area (Å²) in [5.74, 6) is 0.784. The van der Waals surface area contributed by atoms with Gasteiger partial charge >= 0.3 is 0 Å². The highest BCUT2D eigenvalue weighted by molar-refractivity contribution is 7.99. The van der Waals surface area contributed by atoms with E-state index in [1.807, 2.05) is 30.0 Å². The maximum atomic E-state index is 5.92. The molecule has 90 valence electrons. The van der Waals surface area contributed by atoms with E-state index in [-0.39, 0.29) is 4.75 Å². The lowest BCUT2D eigenvalue weighted by Gasteiger charge is -2.23. The zero-order valence-corrected chi connectivity index (χ0v) is 11.1. The summed E-state index contributed by atoms with van der Waals surface area (Å²) < 4.78 is 5.31. The van der Waals surface area contributed by atoms with E-state index < -0.39 is 0 Å². The average molecular weight is 240 g/mol. The summed E-state index contributed by atoms with van der Waals surface area (Å²) in [5, 5.41) is 3.35. The minimum absolute atomic E-state index is 0.201. The van der Waals surface area contributed by atoms with E-state index in [4.69, 9.17) is 10.5 Å². The van der Waals surface area contributed by atoms with Gasteiger partial charge < -0.3 is 15.8 Å². The highest BCUT2D eigenvalue weighted by atomic mass is 32.2. The zero-order valence-electron chi connectivity index (χ0n) is 10.3. The first kappa shape index (κ1) is 13.0. The van der Waals surface area contributed by atoms with Crippen LogP contribution < -0.4 is 15.8 Å². The van der Waals surface area contributed by atoms with Gasteiger partial charge in [-0.3, -0.25) is 0 Å². The van der Waals surface area contributed by atoms with Crippen LogP contribution in [0.4, 0.5) is 11.4 Å². The highest BCUT2D eigenvalue weighted by Crippen LogP contribution is 2.26. The van der Waals surface area contributed by atoms with E-state index in [0.29, 0.717) is 0 Å². The van der Waals surface area contributed by atoms with Crippen molar-refractivity contribution in [2.24, 2.45) is 0 Å². The van der Waals surface area contributed by atoms with Crippen molar-refractivity contribution in [1.82, 2.24) is 0 Å². The Morgan fingerprint density at radius 1 is 1.44 bits per heavy atom.